The topological polar surface area (TPSA) is 65.0 Å². The number of ether oxygens (including phenoxy) is 1. The Kier molecular flexibility index (Phi) is 11.2. The molecule has 1 rings (SSSR count). The normalized spacial score (nSPS) is 14.3. The first-order chi connectivity index (χ1) is 12.4. The Morgan fingerprint density at radius 1 is 0.923 bits per heavy atom. The van der Waals surface area contributed by atoms with E-state index < -0.39 is 5.41 Å². The van der Waals surface area contributed by atoms with Crippen molar-refractivity contribution in [2.75, 3.05) is 6.61 Å². The predicted molar refractivity (Wildman–Crippen MR) is 104 cm³/mol. The molecular weight excluding hydrogens is 330 g/mol. The highest BCUT2D eigenvalue weighted by molar-refractivity contribution is 6.01. The fraction of sp³-hybridized carbons (Fsp3) is 0.857. The van der Waals surface area contributed by atoms with Crippen molar-refractivity contribution in [3.63, 3.8) is 0 Å². The van der Waals surface area contributed by atoms with Crippen LogP contribution in [0.3, 0.4) is 0 Å². The molecule has 0 aromatic rings. The van der Waals surface area contributed by atoms with Crippen LogP contribution in [-0.4, -0.2) is 24.3 Å². The molecule has 0 aromatic carbocycles. The summed E-state index contributed by atoms with van der Waals surface area (Å²) in [7, 11) is 0. The summed E-state index contributed by atoms with van der Waals surface area (Å²) in [5, 5.41) is 3.77. The number of hydrogen-bond donors (Lipinski definition) is 0. The molecule has 0 aliphatic carbocycles. The van der Waals surface area contributed by atoms with Crippen LogP contribution in [0, 0.1) is 5.41 Å². The van der Waals surface area contributed by atoms with Gasteiger partial charge in [-0.15, -0.1) is 0 Å². The number of oxime groups is 1. The Balaban J connectivity index is 1.76. The summed E-state index contributed by atoms with van der Waals surface area (Å²) in [6.07, 6.45) is 14.7. The minimum atomic E-state index is -0.391. The minimum absolute atomic E-state index is 0.101. The summed E-state index contributed by atoms with van der Waals surface area (Å²) < 4.78 is 5.27. The predicted octanol–water partition coefficient (Wildman–Crippen LogP) is 5.56. The van der Waals surface area contributed by atoms with Crippen molar-refractivity contribution in [3.05, 3.63) is 0 Å². The monoisotopic (exact) mass is 367 g/mol. The molecule has 5 nitrogen and oxygen atoms in total. The molecule has 26 heavy (non-hydrogen) atoms. The van der Waals surface area contributed by atoms with Crippen molar-refractivity contribution < 1.29 is 19.2 Å². The molecule has 1 aliphatic heterocycles. The Hall–Kier alpha value is -1.39. The first kappa shape index (κ1) is 22.7. The standard InChI is InChI=1S/C21H37NO4/c1-21(2,3)20(24)25-16-14-12-10-8-6-4-5-7-9-11-13-15-18-17-19(23)26-22-18/h4-17H2,1-3H3. The van der Waals surface area contributed by atoms with Crippen LogP contribution in [0.1, 0.15) is 104 Å². The van der Waals surface area contributed by atoms with Crippen molar-refractivity contribution in [3.8, 4) is 0 Å². The number of carbonyl (C=O) groups is 2. The van der Waals surface area contributed by atoms with Gasteiger partial charge in [0.2, 0.25) is 0 Å². The zero-order valence-corrected chi connectivity index (χ0v) is 17.0. The lowest BCUT2D eigenvalue weighted by atomic mass is 9.97. The summed E-state index contributed by atoms with van der Waals surface area (Å²) in [6, 6.07) is 0. The lowest BCUT2D eigenvalue weighted by Crippen LogP contribution is -2.23. The SMILES string of the molecule is CC(C)(C)C(=O)OCCCCCCCCCCCCCC1=NOC(=O)C1. The van der Waals surface area contributed by atoms with Gasteiger partial charge in [0.05, 0.1) is 24.2 Å². The molecule has 0 unspecified atom stereocenters. The van der Waals surface area contributed by atoms with E-state index in [0.717, 1.165) is 31.4 Å². The summed E-state index contributed by atoms with van der Waals surface area (Å²) in [5.74, 6) is -0.318. The van der Waals surface area contributed by atoms with Gasteiger partial charge in [-0.3, -0.25) is 4.79 Å². The van der Waals surface area contributed by atoms with E-state index in [1.54, 1.807) is 0 Å². The Morgan fingerprint density at radius 2 is 1.42 bits per heavy atom. The molecule has 1 heterocycles. The number of unbranched alkanes of at least 4 members (excludes halogenated alkanes) is 10. The fourth-order valence-corrected chi connectivity index (χ4v) is 2.88. The van der Waals surface area contributed by atoms with E-state index >= 15 is 0 Å². The third-order valence-electron chi connectivity index (χ3n) is 4.58. The summed E-state index contributed by atoms with van der Waals surface area (Å²) in [4.78, 5) is 27.1. The molecule has 0 spiro atoms. The Bertz CT molecular complexity index is 451. The summed E-state index contributed by atoms with van der Waals surface area (Å²) in [5.41, 5.74) is 0.515. The molecule has 0 fully saturated rings. The van der Waals surface area contributed by atoms with E-state index in [9.17, 15) is 9.59 Å². The van der Waals surface area contributed by atoms with Gasteiger partial charge in [-0.05, 0) is 40.0 Å². The van der Waals surface area contributed by atoms with Gasteiger partial charge in [-0.1, -0.05) is 62.9 Å². The molecule has 150 valence electrons. The number of nitrogens with zero attached hydrogens (tertiary/aromatic N) is 1. The molecule has 1 aliphatic rings. The van der Waals surface area contributed by atoms with Crippen LogP contribution < -0.4 is 0 Å². The molecule has 0 saturated carbocycles. The van der Waals surface area contributed by atoms with E-state index in [4.69, 9.17) is 4.74 Å². The molecule has 0 saturated heterocycles. The van der Waals surface area contributed by atoms with Crippen LogP contribution in [0.2, 0.25) is 0 Å². The van der Waals surface area contributed by atoms with Crippen LogP contribution in [0.4, 0.5) is 0 Å². The molecule has 5 heteroatoms. The quantitative estimate of drug-likeness (QED) is 0.229. The maximum absolute atomic E-state index is 11.6. The third-order valence-corrected chi connectivity index (χ3v) is 4.58. The van der Waals surface area contributed by atoms with Gasteiger partial charge < -0.3 is 9.57 Å². The van der Waals surface area contributed by atoms with Gasteiger partial charge >= 0.3 is 11.9 Å². The van der Waals surface area contributed by atoms with Crippen LogP contribution in [-0.2, 0) is 19.2 Å². The molecule has 0 atom stereocenters. The molecule has 0 bridgehead atoms. The van der Waals surface area contributed by atoms with Crippen molar-refractivity contribution in [1.29, 1.82) is 0 Å². The first-order valence-electron chi connectivity index (χ1n) is 10.3. The Labute approximate surface area is 158 Å². The maximum atomic E-state index is 11.6. The summed E-state index contributed by atoms with van der Waals surface area (Å²) in [6.45, 7) is 6.22. The van der Waals surface area contributed by atoms with Crippen molar-refractivity contribution in [2.24, 2.45) is 10.6 Å². The number of hydrogen-bond acceptors (Lipinski definition) is 5. The Morgan fingerprint density at radius 3 is 1.88 bits per heavy atom. The first-order valence-corrected chi connectivity index (χ1v) is 10.3. The van der Waals surface area contributed by atoms with Crippen molar-refractivity contribution >= 4 is 17.7 Å². The zero-order chi connectivity index (χ0) is 19.3. The van der Waals surface area contributed by atoms with Crippen LogP contribution in [0.5, 0.6) is 0 Å². The zero-order valence-electron chi connectivity index (χ0n) is 17.0. The molecule has 0 radical (unpaired) electrons. The third kappa shape index (κ3) is 11.3. The highest BCUT2D eigenvalue weighted by atomic mass is 16.7. The maximum Gasteiger partial charge on any atom is 0.340 e. The molecule has 0 N–H and O–H groups in total. The van der Waals surface area contributed by atoms with Gasteiger partial charge in [-0.2, -0.15) is 0 Å². The largest absolute Gasteiger partial charge is 0.465 e. The second-order valence-corrected chi connectivity index (χ2v) is 8.32. The highest BCUT2D eigenvalue weighted by Gasteiger charge is 2.22. The minimum Gasteiger partial charge on any atom is -0.465 e. The van der Waals surface area contributed by atoms with E-state index in [2.05, 4.69) is 9.99 Å². The van der Waals surface area contributed by atoms with E-state index in [0.29, 0.717) is 13.0 Å². The van der Waals surface area contributed by atoms with Gasteiger partial charge in [0.1, 0.15) is 0 Å². The lowest BCUT2D eigenvalue weighted by molar-refractivity contribution is -0.153. The highest BCUT2D eigenvalue weighted by Crippen LogP contribution is 2.16. The van der Waals surface area contributed by atoms with Gasteiger partial charge in [-0.25, -0.2) is 4.79 Å². The average molecular weight is 368 g/mol. The lowest BCUT2D eigenvalue weighted by Gasteiger charge is -2.16. The van der Waals surface area contributed by atoms with E-state index in [1.807, 2.05) is 20.8 Å². The number of esters is 1. The van der Waals surface area contributed by atoms with Gasteiger partial charge in [0, 0.05) is 0 Å². The summed E-state index contributed by atoms with van der Waals surface area (Å²) >= 11 is 0. The van der Waals surface area contributed by atoms with Crippen molar-refractivity contribution in [2.45, 2.75) is 104 Å². The molecular formula is C21H37NO4. The average Bonchev–Trinajstić information content (AvgIpc) is 2.99. The van der Waals surface area contributed by atoms with Crippen LogP contribution in [0.15, 0.2) is 5.16 Å². The second-order valence-electron chi connectivity index (χ2n) is 8.32. The van der Waals surface area contributed by atoms with E-state index in [-0.39, 0.29) is 11.9 Å². The second kappa shape index (κ2) is 12.9. The van der Waals surface area contributed by atoms with E-state index in [1.165, 1.54) is 51.4 Å². The van der Waals surface area contributed by atoms with Crippen LogP contribution in [0.25, 0.3) is 0 Å². The number of carbonyl (C=O) groups excluding carboxylic acids is 2. The number of rotatable bonds is 14. The van der Waals surface area contributed by atoms with Gasteiger partial charge in [0.15, 0.2) is 0 Å². The molecule has 0 aromatic heterocycles. The molecule has 0 amide bonds. The van der Waals surface area contributed by atoms with Gasteiger partial charge in [0.25, 0.3) is 0 Å². The van der Waals surface area contributed by atoms with Crippen molar-refractivity contribution in [1.82, 2.24) is 0 Å². The smallest absolute Gasteiger partial charge is 0.340 e. The fourth-order valence-electron chi connectivity index (χ4n) is 2.88. The van der Waals surface area contributed by atoms with Crippen LogP contribution >= 0.6 is 0 Å².